The largest absolute Gasteiger partial charge is 0.462 e. The zero-order chi connectivity index (χ0) is 12.4. The van der Waals surface area contributed by atoms with Crippen molar-refractivity contribution >= 4 is 24.2 Å². The van der Waals surface area contributed by atoms with Crippen LogP contribution in [0.15, 0.2) is 34.2 Å². The molecule has 88 valence electrons. The molecule has 2 aromatic rings. The monoisotopic (exact) mass is 250 g/mol. The lowest BCUT2D eigenvalue weighted by atomic mass is 10.3. The number of hydrogen-bond donors (Lipinski definition) is 1. The van der Waals surface area contributed by atoms with Crippen molar-refractivity contribution in [1.29, 1.82) is 0 Å². The van der Waals surface area contributed by atoms with Crippen LogP contribution in [0.25, 0.3) is 5.65 Å². The maximum Gasteiger partial charge on any atom is 0.345 e. The van der Waals surface area contributed by atoms with Crippen molar-refractivity contribution in [3.63, 3.8) is 0 Å². The number of aromatic nitrogens is 2. The smallest absolute Gasteiger partial charge is 0.345 e. The van der Waals surface area contributed by atoms with Gasteiger partial charge in [0, 0.05) is 17.3 Å². The summed E-state index contributed by atoms with van der Waals surface area (Å²) in [6, 6.07) is 3.38. The van der Waals surface area contributed by atoms with Crippen LogP contribution in [-0.4, -0.2) is 22.0 Å². The summed E-state index contributed by atoms with van der Waals surface area (Å²) in [6.07, 6.45) is 2.75. The fraction of sp³-hybridized carbons (Fsp3) is 0.182. The molecular weight excluding hydrogens is 240 g/mol. The lowest BCUT2D eigenvalue weighted by molar-refractivity contribution is 0.0523. The molecular formula is C11H10N2O3S. The summed E-state index contributed by atoms with van der Waals surface area (Å²) in [4.78, 5) is 28.1. The normalized spacial score (nSPS) is 10.5. The molecule has 0 bridgehead atoms. The Hall–Kier alpha value is -1.82. The molecule has 2 heterocycles. The molecule has 0 N–H and O–H groups in total. The number of pyridine rings is 1. The van der Waals surface area contributed by atoms with Crippen LogP contribution in [0.5, 0.6) is 0 Å². The first-order valence-electron chi connectivity index (χ1n) is 5.01. The number of hydrogen-bond acceptors (Lipinski definition) is 5. The number of fused-ring (bicyclic) bond motifs is 1. The van der Waals surface area contributed by atoms with Crippen LogP contribution in [0.4, 0.5) is 0 Å². The van der Waals surface area contributed by atoms with E-state index in [1.54, 1.807) is 19.1 Å². The van der Waals surface area contributed by atoms with Gasteiger partial charge < -0.3 is 4.74 Å². The Morgan fingerprint density at radius 2 is 2.35 bits per heavy atom. The van der Waals surface area contributed by atoms with Gasteiger partial charge in [-0.05, 0) is 19.1 Å². The number of nitrogens with zero attached hydrogens (tertiary/aromatic N) is 2. The number of carbonyl (C=O) groups excluding carboxylic acids is 1. The van der Waals surface area contributed by atoms with Crippen LogP contribution in [0.3, 0.4) is 0 Å². The predicted molar refractivity (Wildman–Crippen MR) is 64.7 cm³/mol. The van der Waals surface area contributed by atoms with Crippen molar-refractivity contribution in [2.75, 3.05) is 6.61 Å². The van der Waals surface area contributed by atoms with Gasteiger partial charge in [0.15, 0.2) is 5.65 Å². The van der Waals surface area contributed by atoms with E-state index in [1.165, 1.54) is 16.8 Å². The Bertz CT molecular complexity index is 636. The molecule has 0 spiro atoms. The van der Waals surface area contributed by atoms with Gasteiger partial charge in [-0.15, -0.1) is 12.6 Å². The molecule has 5 nitrogen and oxygen atoms in total. The van der Waals surface area contributed by atoms with Gasteiger partial charge in [0.2, 0.25) is 0 Å². The number of carbonyl (C=O) groups is 1. The molecule has 0 aromatic carbocycles. The van der Waals surface area contributed by atoms with Gasteiger partial charge in [0.1, 0.15) is 5.56 Å². The van der Waals surface area contributed by atoms with Crippen LogP contribution in [0, 0.1) is 0 Å². The molecule has 0 saturated heterocycles. The highest BCUT2D eigenvalue weighted by Crippen LogP contribution is 2.10. The molecule has 0 aliphatic carbocycles. The maximum atomic E-state index is 12.0. The van der Waals surface area contributed by atoms with Gasteiger partial charge in [-0.3, -0.25) is 9.20 Å². The van der Waals surface area contributed by atoms with E-state index in [2.05, 4.69) is 17.6 Å². The van der Waals surface area contributed by atoms with Crippen LogP contribution in [0.2, 0.25) is 0 Å². The summed E-state index contributed by atoms with van der Waals surface area (Å²) in [5.74, 6) is -0.663. The topological polar surface area (TPSA) is 60.7 Å². The van der Waals surface area contributed by atoms with Crippen LogP contribution in [0.1, 0.15) is 17.3 Å². The number of esters is 1. The summed E-state index contributed by atoms with van der Waals surface area (Å²) in [7, 11) is 0. The zero-order valence-electron chi connectivity index (χ0n) is 9.08. The van der Waals surface area contributed by atoms with E-state index in [0.717, 1.165) is 0 Å². The summed E-state index contributed by atoms with van der Waals surface area (Å²) in [5, 5.41) is 0. The molecule has 0 atom stereocenters. The van der Waals surface area contributed by atoms with E-state index in [-0.39, 0.29) is 12.2 Å². The molecule has 6 heteroatoms. The fourth-order valence-electron chi connectivity index (χ4n) is 1.44. The van der Waals surface area contributed by atoms with E-state index in [0.29, 0.717) is 10.5 Å². The SMILES string of the molecule is CCOC(=O)c1cnc2c(S)cccn2c1=O. The third-order valence-corrected chi connectivity index (χ3v) is 2.56. The van der Waals surface area contributed by atoms with Crippen molar-refractivity contribution in [3.8, 4) is 0 Å². The molecule has 0 fully saturated rings. The average molecular weight is 250 g/mol. The molecule has 0 radical (unpaired) electrons. The standard InChI is InChI=1S/C11H10N2O3S/c1-2-16-11(15)7-6-12-9-8(17)4-3-5-13(9)10(7)14/h3-6,17H,2H2,1H3. The Morgan fingerprint density at radius 1 is 1.59 bits per heavy atom. The van der Waals surface area contributed by atoms with Crippen molar-refractivity contribution in [3.05, 3.63) is 40.4 Å². The minimum absolute atomic E-state index is 0.0803. The number of rotatable bonds is 2. The predicted octanol–water partition coefficient (Wildman–Crippen LogP) is 1.16. The second-order valence-corrected chi connectivity index (χ2v) is 3.77. The van der Waals surface area contributed by atoms with Crippen molar-refractivity contribution in [1.82, 2.24) is 9.38 Å². The molecule has 0 unspecified atom stereocenters. The molecule has 2 rings (SSSR count). The molecule has 0 saturated carbocycles. The van der Waals surface area contributed by atoms with Crippen LogP contribution >= 0.6 is 12.6 Å². The van der Waals surface area contributed by atoms with E-state index >= 15 is 0 Å². The van der Waals surface area contributed by atoms with E-state index < -0.39 is 11.5 Å². The van der Waals surface area contributed by atoms with Gasteiger partial charge in [-0.2, -0.15) is 0 Å². The van der Waals surface area contributed by atoms with Gasteiger partial charge in [0.05, 0.1) is 6.61 Å². The lowest BCUT2D eigenvalue weighted by Gasteiger charge is -2.04. The first kappa shape index (κ1) is 11.7. The van der Waals surface area contributed by atoms with Gasteiger partial charge in [-0.1, -0.05) is 0 Å². The summed E-state index contributed by atoms with van der Waals surface area (Å²) in [5.41, 5.74) is -0.124. The Morgan fingerprint density at radius 3 is 3.06 bits per heavy atom. The van der Waals surface area contributed by atoms with Gasteiger partial charge in [-0.25, -0.2) is 9.78 Å². The quantitative estimate of drug-likeness (QED) is 0.642. The second kappa shape index (κ2) is 4.58. The molecule has 0 aliphatic heterocycles. The first-order valence-corrected chi connectivity index (χ1v) is 5.46. The summed E-state index contributed by atoms with van der Waals surface area (Å²) >= 11 is 4.19. The number of ether oxygens (including phenoxy) is 1. The van der Waals surface area contributed by atoms with Crippen molar-refractivity contribution in [2.24, 2.45) is 0 Å². The third kappa shape index (κ3) is 2.03. The lowest BCUT2D eigenvalue weighted by Crippen LogP contribution is -2.24. The van der Waals surface area contributed by atoms with Gasteiger partial charge >= 0.3 is 5.97 Å². The fourth-order valence-corrected chi connectivity index (χ4v) is 1.69. The minimum atomic E-state index is -0.663. The van der Waals surface area contributed by atoms with Crippen LogP contribution < -0.4 is 5.56 Å². The molecule has 17 heavy (non-hydrogen) atoms. The highest BCUT2D eigenvalue weighted by molar-refractivity contribution is 7.80. The Kier molecular flexibility index (Phi) is 3.14. The first-order chi connectivity index (χ1) is 8.15. The van der Waals surface area contributed by atoms with Crippen LogP contribution in [-0.2, 0) is 4.74 Å². The highest BCUT2D eigenvalue weighted by atomic mass is 32.1. The van der Waals surface area contributed by atoms with Crippen molar-refractivity contribution < 1.29 is 9.53 Å². The highest BCUT2D eigenvalue weighted by Gasteiger charge is 2.14. The number of thiol groups is 1. The Labute approximate surface area is 102 Å². The summed E-state index contributed by atoms with van der Waals surface area (Å²) < 4.78 is 6.05. The second-order valence-electron chi connectivity index (χ2n) is 3.28. The third-order valence-electron chi connectivity index (χ3n) is 2.21. The van der Waals surface area contributed by atoms with E-state index in [4.69, 9.17) is 4.74 Å². The zero-order valence-corrected chi connectivity index (χ0v) is 9.98. The molecule has 0 aliphatic rings. The molecule has 0 amide bonds. The molecule has 2 aromatic heterocycles. The van der Waals surface area contributed by atoms with Gasteiger partial charge in [0.25, 0.3) is 5.56 Å². The van der Waals surface area contributed by atoms with E-state index in [9.17, 15) is 9.59 Å². The Balaban J connectivity index is 2.67. The van der Waals surface area contributed by atoms with E-state index in [1.807, 2.05) is 0 Å². The maximum absolute atomic E-state index is 12.0. The van der Waals surface area contributed by atoms with Crippen molar-refractivity contribution in [2.45, 2.75) is 11.8 Å². The average Bonchev–Trinajstić information content (AvgIpc) is 2.31. The summed E-state index contributed by atoms with van der Waals surface area (Å²) in [6.45, 7) is 1.89. The minimum Gasteiger partial charge on any atom is -0.462 e.